The van der Waals surface area contributed by atoms with Gasteiger partial charge in [-0.3, -0.25) is 9.59 Å². The number of hydrogen-bond acceptors (Lipinski definition) is 6. The number of rotatable bonds is 11. The summed E-state index contributed by atoms with van der Waals surface area (Å²) >= 11 is 0. The summed E-state index contributed by atoms with van der Waals surface area (Å²) in [5.74, 6) is -2.32. The molecule has 0 aliphatic rings. The zero-order valence-electron chi connectivity index (χ0n) is 19.5. The van der Waals surface area contributed by atoms with Crippen molar-refractivity contribution in [3.05, 3.63) is 95.6 Å². The van der Waals surface area contributed by atoms with E-state index in [1.54, 1.807) is 48.5 Å². The first-order chi connectivity index (χ1) is 17.2. The summed E-state index contributed by atoms with van der Waals surface area (Å²) in [5, 5.41) is 33.8. The number of carboxylic acids is 1. The van der Waals surface area contributed by atoms with Gasteiger partial charge in [-0.1, -0.05) is 54.6 Å². The molecule has 0 bridgehead atoms. The highest BCUT2D eigenvalue weighted by molar-refractivity contribution is 5.92. The van der Waals surface area contributed by atoms with E-state index in [1.807, 2.05) is 6.07 Å². The van der Waals surface area contributed by atoms with Crippen LogP contribution in [0, 0.1) is 0 Å². The lowest BCUT2D eigenvalue weighted by Crippen LogP contribution is -2.55. The minimum absolute atomic E-state index is 0.0495. The van der Waals surface area contributed by atoms with E-state index in [0.29, 0.717) is 5.56 Å². The molecule has 3 aromatic carbocycles. The number of carbonyl (C=O) groups is 3. The van der Waals surface area contributed by atoms with Gasteiger partial charge in [0.15, 0.2) is 0 Å². The Morgan fingerprint density at radius 1 is 0.639 bits per heavy atom. The van der Waals surface area contributed by atoms with Crippen molar-refractivity contribution in [2.45, 2.75) is 37.4 Å². The summed E-state index contributed by atoms with van der Waals surface area (Å²) < 4.78 is 0. The molecule has 0 saturated carbocycles. The molecule has 36 heavy (non-hydrogen) atoms. The van der Waals surface area contributed by atoms with Gasteiger partial charge in [0.2, 0.25) is 11.8 Å². The molecule has 0 radical (unpaired) electrons. The van der Waals surface area contributed by atoms with Crippen molar-refractivity contribution in [3.63, 3.8) is 0 Å². The quantitative estimate of drug-likeness (QED) is 0.237. The average Bonchev–Trinajstić information content (AvgIpc) is 2.86. The molecule has 0 aromatic heterocycles. The summed E-state index contributed by atoms with van der Waals surface area (Å²) in [6.07, 6.45) is 0.301. The van der Waals surface area contributed by atoms with Gasteiger partial charge in [-0.05, 0) is 47.4 Å². The molecule has 2 amide bonds. The van der Waals surface area contributed by atoms with Gasteiger partial charge in [-0.15, -0.1) is 0 Å². The van der Waals surface area contributed by atoms with Crippen LogP contribution >= 0.6 is 0 Å². The number of carboxylic acid groups (broad SMARTS) is 1. The Bertz CT molecular complexity index is 1170. The summed E-state index contributed by atoms with van der Waals surface area (Å²) in [7, 11) is 0. The molecule has 0 aliphatic carbocycles. The van der Waals surface area contributed by atoms with E-state index in [4.69, 9.17) is 5.73 Å². The van der Waals surface area contributed by atoms with Crippen molar-refractivity contribution >= 4 is 17.8 Å². The third kappa shape index (κ3) is 7.85. The molecule has 0 heterocycles. The van der Waals surface area contributed by atoms with E-state index in [0.717, 1.165) is 11.1 Å². The molecule has 3 atom stereocenters. The van der Waals surface area contributed by atoms with Crippen LogP contribution in [0.1, 0.15) is 16.7 Å². The molecule has 9 heteroatoms. The van der Waals surface area contributed by atoms with E-state index in [-0.39, 0.29) is 30.8 Å². The number of benzene rings is 3. The topological polar surface area (TPSA) is 162 Å². The van der Waals surface area contributed by atoms with Crippen LogP contribution in [0.15, 0.2) is 78.9 Å². The first kappa shape index (κ1) is 26.2. The molecule has 0 saturated heterocycles. The third-order valence-corrected chi connectivity index (χ3v) is 5.64. The molecular weight excluding hydrogens is 462 g/mol. The Hall–Kier alpha value is -4.37. The van der Waals surface area contributed by atoms with E-state index in [2.05, 4.69) is 10.6 Å². The molecule has 0 spiro atoms. The molecule has 0 aliphatic heterocycles. The second kappa shape index (κ2) is 12.4. The third-order valence-electron chi connectivity index (χ3n) is 5.64. The number of aliphatic carboxylic acids is 1. The largest absolute Gasteiger partial charge is 0.508 e. The van der Waals surface area contributed by atoms with Crippen molar-refractivity contribution in [1.82, 2.24) is 10.6 Å². The predicted molar refractivity (Wildman–Crippen MR) is 133 cm³/mol. The van der Waals surface area contributed by atoms with Gasteiger partial charge < -0.3 is 31.7 Å². The number of nitrogens with one attached hydrogen (secondary N) is 2. The first-order valence-electron chi connectivity index (χ1n) is 11.4. The Kier molecular flexibility index (Phi) is 9.01. The van der Waals surface area contributed by atoms with Gasteiger partial charge in [0.05, 0.1) is 6.04 Å². The SMILES string of the molecule is NC(Cc1ccc(O)cc1)C(=O)N[C@@H](Cc1ccc(O)cc1)C(=O)N[C@@H](Cc1ccccc1)C(=O)O. The maximum absolute atomic E-state index is 13.2. The fourth-order valence-corrected chi connectivity index (χ4v) is 3.66. The van der Waals surface area contributed by atoms with E-state index in [9.17, 15) is 29.7 Å². The van der Waals surface area contributed by atoms with Gasteiger partial charge in [0.25, 0.3) is 0 Å². The lowest BCUT2D eigenvalue weighted by atomic mass is 10.0. The Morgan fingerprint density at radius 3 is 1.61 bits per heavy atom. The van der Waals surface area contributed by atoms with Crippen molar-refractivity contribution in [3.8, 4) is 11.5 Å². The lowest BCUT2D eigenvalue weighted by molar-refractivity contribution is -0.142. The van der Waals surface area contributed by atoms with Gasteiger partial charge in [-0.25, -0.2) is 4.79 Å². The molecule has 3 rings (SSSR count). The number of amides is 2. The minimum atomic E-state index is -1.20. The number of nitrogens with two attached hydrogens (primary N) is 1. The van der Waals surface area contributed by atoms with E-state index in [1.165, 1.54) is 24.3 Å². The van der Waals surface area contributed by atoms with Gasteiger partial charge >= 0.3 is 5.97 Å². The number of aromatic hydroxyl groups is 2. The standard InChI is InChI=1S/C27H29N3O6/c28-22(14-18-6-10-20(31)11-7-18)25(33)29-23(15-19-8-12-21(32)13-9-19)26(34)30-24(27(35)36)16-17-4-2-1-3-5-17/h1-13,22-24,31-32H,14-16,28H2,(H,29,33)(H,30,34)(H,35,36)/t22?,23-,24-/m0/s1. The normalized spacial score (nSPS) is 13.2. The van der Waals surface area contributed by atoms with Crippen LogP contribution in [0.25, 0.3) is 0 Å². The van der Waals surface area contributed by atoms with Crippen molar-refractivity contribution < 1.29 is 29.7 Å². The molecule has 0 fully saturated rings. The summed E-state index contributed by atoms with van der Waals surface area (Å²) in [5.41, 5.74) is 8.18. The molecule has 1 unspecified atom stereocenters. The molecular formula is C27H29N3O6. The second-order valence-electron chi connectivity index (χ2n) is 8.50. The second-order valence-corrected chi connectivity index (χ2v) is 8.50. The summed E-state index contributed by atoms with van der Waals surface area (Å²) in [6.45, 7) is 0. The summed E-state index contributed by atoms with van der Waals surface area (Å²) in [6, 6.07) is 18.0. The zero-order valence-corrected chi connectivity index (χ0v) is 19.5. The molecule has 9 nitrogen and oxygen atoms in total. The Balaban J connectivity index is 1.74. The highest BCUT2D eigenvalue weighted by Crippen LogP contribution is 2.13. The fourth-order valence-electron chi connectivity index (χ4n) is 3.66. The number of carbonyl (C=O) groups excluding carboxylic acids is 2. The van der Waals surface area contributed by atoms with Crippen molar-refractivity contribution in [2.75, 3.05) is 0 Å². The maximum Gasteiger partial charge on any atom is 0.326 e. The first-order valence-corrected chi connectivity index (χ1v) is 11.4. The van der Waals surface area contributed by atoms with Gasteiger partial charge in [0, 0.05) is 12.8 Å². The Labute approximate surface area is 208 Å². The number of phenols is 2. The van der Waals surface area contributed by atoms with Crippen LogP contribution in [-0.2, 0) is 33.6 Å². The highest BCUT2D eigenvalue weighted by atomic mass is 16.4. The van der Waals surface area contributed by atoms with E-state index >= 15 is 0 Å². The monoisotopic (exact) mass is 491 g/mol. The minimum Gasteiger partial charge on any atom is -0.508 e. The van der Waals surface area contributed by atoms with Crippen LogP contribution in [0.4, 0.5) is 0 Å². The lowest BCUT2D eigenvalue weighted by Gasteiger charge is -2.23. The molecule has 7 N–H and O–H groups in total. The maximum atomic E-state index is 13.2. The molecule has 188 valence electrons. The van der Waals surface area contributed by atoms with E-state index < -0.39 is 35.9 Å². The van der Waals surface area contributed by atoms with Crippen molar-refractivity contribution in [2.24, 2.45) is 5.73 Å². The van der Waals surface area contributed by atoms with Crippen LogP contribution < -0.4 is 16.4 Å². The van der Waals surface area contributed by atoms with Crippen LogP contribution in [0.2, 0.25) is 0 Å². The highest BCUT2D eigenvalue weighted by Gasteiger charge is 2.28. The van der Waals surface area contributed by atoms with Crippen molar-refractivity contribution in [1.29, 1.82) is 0 Å². The smallest absolute Gasteiger partial charge is 0.326 e. The van der Waals surface area contributed by atoms with Gasteiger partial charge in [-0.2, -0.15) is 0 Å². The zero-order chi connectivity index (χ0) is 26.1. The predicted octanol–water partition coefficient (Wildman–Crippen LogP) is 1.51. The van der Waals surface area contributed by atoms with Gasteiger partial charge in [0.1, 0.15) is 23.6 Å². The van der Waals surface area contributed by atoms with Crippen LogP contribution in [0.3, 0.4) is 0 Å². The summed E-state index contributed by atoms with van der Waals surface area (Å²) in [4.78, 5) is 37.9. The van der Waals surface area contributed by atoms with Crippen LogP contribution in [-0.4, -0.2) is 51.2 Å². The fraction of sp³-hybridized carbons (Fsp3) is 0.222. The Morgan fingerprint density at radius 2 is 1.08 bits per heavy atom. The average molecular weight is 492 g/mol. The molecule has 3 aromatic rings. The number of hydrogen-bond donors (Lipinski definition) is 6. The van der Waals surface area contributed by atoms with Crippen LogP contribution in [0.5, 0.6) is 11.5 Å². The number of phenolic OH excluding ortho intramolecular Hbond substituents is 2.